The van der Waals surface area contributed by atoms with Gasteiger partial charge in [0.1, 0.15) is 6.04 Å². The average Bonchev–Trinajstić information content (AvgIpc) is 2.35. The SMILES string of the molecule is O=C(O)CC[C@H](NP(O)(=S)c1ccccc1)C(=O)O.[Li+].[Li+].[Li+]. The molecular formula is C11H14Li3NO5PS+3. The Kier molecular flexibility index (Phi) is 16.0. The molecule has 0 saturated heterocycles. The summed E-state index contributed by atoms with van der Waals surface area (Å²) in [4.78, 5) is 31.7. The molecule has 0 heterocycles. The van der Waals surface area contributed by atoms with Crippen molar-refractivity contribution in [3.05, 3.63) is 30.3 Å². The van der Waals surface area contributed by atoms with E-state index in [9.17, 15) is 14.5 Å². The molecule has 6 nitrogen and oxygen atoms in total. The van der Waals surface area contributed by atoms with Crippen LogP contribution in [0.15, 0.2) is 30.3 Å². The Hall–Kier alpha value is 0.522. The summed E-state index contributed by atoms with van der Waals surface area (Å²) < 4.78 is 0. The molecule has 1 aromatic rings. The van der Waals surface area contributed by atoms with Crippen molar-refractivity contribution in [1.29, 1.82) is 0 Å². The number of nitrogens with one attached hydrogen (secondary N) is 1. The van der Waals surface area contributed by atoms with Gasteiger partial charge in [0.25, 0.3) is 0 Å². The number of hydrogen-bond acceptors (Lipinski definition) is 3. The zero-order chi connectivity index (χ0) is 14.5. The Morgan fingerprint density at radius 3 is 2.05 bits per heavy atom. The molecule has 22 heavy (non-hydrogen) atoms. The first-order valence-electron chi connectivity index (χ1n) is 5.44. The van der Waals surface area contributed by atoms with Crippen molar-refractivity contribution in [2.24, 2.45) is 0 Å². The van der Waals surface area contributed by atoms with Crippen molar-refractivity contribution in [3.63, 3.8) is 0 Å². The van der Waals surface area contributed by atoms with Crippen molar-refractivity contribution in [3.8, 4) is 0 Å². The van der Waals surface area contributed by atoms with E-state index >= 15 is 0 Å². The van der Waals surface area contributed by atoms with E-state index in [0.717, 1.165) is 0 Å². The van der Waals surface area contributed by atoms with Crippen LogP contribution in [0.25, 0.3) is 0 Å². The van der Waals surface area contributed by atoms with Crippen molar-refractivity contribution >= 4 is 35.5 Å². The van der Waals surface area contributed by atoms with Gasteiger partial charge in [-0.3, -0.25) is 14.7 Å². The molecule has 0 radical (unpaired) electrons. The van der Waals surface area contributed by atoms with Gasteiger partial charge >= 0.3 is 68.5 Å². The van der Waals surface area contributed by atoms with Crippen LogP contribution in [0.2, 0.25) is 0 Å². The van der Waals surface area contributed by atoms with Gasteiger partial charge in [-0.15, -0.1) is 0 Å². The van der Waals surface area contributed by atoms with Gasteiger partial charge < -0.3 is 15.1 Å². The molecule has 0 fully saturated rings. The molecule has 0 saturated carbocycles. The van der Waals surface area contributed by atoms with E-state index in [2.05, 4.69) is 5.09 Å². The minimum absolute atomic E-state index is 0. The van der Waals surface area contributed by atoms with E-state index in [1.165, 1.54) is 0 Å². The largest absolute Gasteiger partial charge is 1.00 e. The second-order valence-corrected chi connectivity index (χ2v) is 7.38. The van der Waals surface area contributed by atoms with Crippen LogP contribution in [-0.2, 0) is 21.4 Å². The number of carboxylic acid groups (broad SMARTS) is 2. The van der Waals surface area contributed by atoms with Gasteiger partial charge in [0.15, 0.2) is 6.42 Å². The van der Waals surface area contributed by atoms with Gasteiger partial charge in [0.05, 0.1) is 0 Å². The molecule has 1 rings (SSSR count). The van der Waals surface area contributed by atoms with E-state index in [1.807, 2.05) is 0 Å². The van der Waals surface area contributed by atoms with Gasteiger partial charge in [0, 0.05) is 11.7 Å². The number of hydrogen-bond donors (Lipinski definition) is 4. The van der Waals surface area contributed by atoms with Gasteiger partial charge in [-0.25, -0.2) is 0 Å². The zero-order valence-corrected chi connectivity index (χ0v) is 14.6. The molecule has 0 spiro atoms. The molecule has 0 aromatic heterocycles. The number of carboxylic acids is 2. The third kappa shape index (κ3) is 9.61. The quantitative estimate of drug-likeness (QED) is 0.291. The minimum Gasteiger partial charge on any atom is -0.481 e. The first kappa shape index (κ1) is 27.4. The molecule has 0 aliphatic carbocycles. The summed E-state index contributed by atoms with van der Waals surface area (Å²) >= 11 is 5.03. The second kappa shape index (κ2) is 12.9. The third-order valence-electron chi connectivity index (χ3n) is 2.38. The summed E-state index contributed by atoms with van der Waals surface area (Å²) in [5.74, 6) is -2.33. The van der Waals surface area contributed by atoms with Gasteiger partial charge in [-0.2, -0.15) is 0 Å². The number of carbonyl (C=O) groups is 2. The van der Waals surface area contributed by atoms with Crippen LogP contribution in [0, 0.1) is 0 Å². The van der Waals surface area contributed by atoms with Crippen molar-refractivity contribution in [1.82, 2.24) is 5.09 Å². The fourth-order valence-corrected chi connectivity index (χ4v) is 3.56. The molecule has 11 heteroatoms. The molecule has 1 unspecified atom stereocenters. The molecule has 0 amide bonds. The maximum atomic E-state index is 11.0. The van der Waals surface area contributed by atoms with Crippen LogP contribution in [0.1, 0.15) is 12.8 Å². The summed E-state index contributed by atoms with van der Waals surface area (Å²) in [6, 6.07) is 7.13. The first-order valence-corrected chi connectivity index (χ1v) is 8.19. The second-order valence-electron chi connectivity index (χ2n) is 3.86. The smallest absolute Gasteiger partial charge is 0.481 e. The summed E-state index contributed by atoms with van der Waals surface area (Å²) in [5, 5.41) is 20.5. The predicted octanol–water partition coefficient (Wildman–Crippen LogP) is -8.47. The van der Waals surface area contributed by atoms with Crippen molar-refractivity contribution < 1.29 is 81.3 Å². The molecule has 0 bridgehead atoms. The zero-order valence-electron chi connectivity index (χ0n) is 12.9. The van der Waals surface area contributed by atoms with E-state index in [-0.39, 0.29) is 69.4 Å². The summed E-state index contributed by atoms with van der Waals surface area (Å²) in [6.45, 7) is 0. The van der Waals surface area contributed by atoms with Crippen molar-refractivity contribution in [2.75, 3.05) is 0 Å². The first-order chi connectivity index (χ1) is 8.83. The van der Waals surface area contributed by atoms with Crippen LogP contribution in [-0.4, -0.2) is 33.1 Å². The molecule has 0 aliphatic heterocycles. The van der Waals surface area contributed by atoms with E-state index < -0.39 is 24.4 Å². The molecular weight excluding hydrogens is 310 g/mol. The fraction of sp³-hybridized carbons (Fsp3) is 0.273. The predicted molar refractivity (Wildman–Crippen MR) is 74.0 cm³/mol. The molecule has 1 aromatic carbocycles. The van der Waals surface area contributed by atoms with Crippen molar-refractivity contribution in [2.45, 2.75) is 18.9 Å². The summed E-state index contributed by atoms with van der Waals surface area (Å²) in [5.41, 5.74) is 0. The van der Waals surface area contributed by atoms with Gasteiger partial charge in [-0.1, -0.05) is 30.3 Å². The maximum Gasteiger partial charge on any atom is 1.00 e. The maximum absolute atomic E-state index is 11.0. The number of aliphatic carboxylic acids is 2. The number of benzene rings is 1. The Morgan fingerprint density at radius 1 is 1.14 bits per heavy atom. The minimum atomic E-state index is -3.21. The Labute approximate surface area is 170 Å². The van der Waals surface area contributed by atoms with E-state index in [4.69, 9.17) is 22.0 Å². The van der Waals surface area contributed by atoms with Gasteiger partial charge in [-0.05, 0) is 18.2 Å². The van der Waals surface area contributed by atoms with Crippen LogP contribution in [0.4, 0.5) is 0 Å². The standard InChI is InChI=1S/C11H14NO5PS.3Li/c13-10(14)7-6-9(11(15)16)12-18(17,19)8-4-2-1-3-5-8;;;/h1-5,9H,6-7H2,(H,13,14)(H,15,16)(H2,12,17,19);;;/q;3*+1/t9-,18?;;;/m0.../s1. The molecule has 104 valence electrons. The Balaban J connectivity index is -0.00000120. The average molecular weight is 324 g/mol. The molecule has 2 atom stereocenters. The third-order valence-corrected chi connectivity index (χ3v) is 4.99. The van der Waals surface area contributed by atoms with Gasteiger partial charge in [0.2, 0.25) is 0 Å². The Morgan fingerprint density at radius 2 is 1.64 bits per heavy atom. The van der Waals surface area contributed by atoms with Crippen LogP contribution < -0.4 is 67.0 Å². The topological polar surface area (TPSA) is 107 Å². The molecule has 4 N–H and O–H groups in total. The normalized spacial score (nSPS) is 13.3. The fourth-order valence-electron chi connectivity index (χ4n) is 1.43. The summed E-state index contributed by atoms with van der Waals surface area (Å²) in [7, 11) is 0. The monoisotopic (exact) mass is 324 g/mol. The van der Waals surface area contributed by atoms with E-state index in [0.29, 0.717) is 5.30 Å². The van der Waals surface area contributed by atoms with Crippen LogP contribution in [0.3, 0.4) is 0 Å². The summed E-state index contributed by atoms with van der Waals surface area (Å²) in [6.07, 6.45) is -3.66. The Bertz CT molecular complexity index is 520. The van der Waals surface area contributed by atoms with Crippen LogP contribution in [0.5, 0.6) is 0 Å². The van der Waals surface area contributed by atoms with E-state index in [1.54, 1.807) is 30.3 Å². The number of rotatable bonds is 7. The molecule has 0 aliphatic rings. The van der Waals surface area contributed by atoms with Crippen LogP contribution >= 0.6 is 6.42 Å².